The molecular formula is C16H23NO4S. The average Bonchev–Trinajstić information content (AvgIpc) is 2.74. The summed E-state index contributed by atoms with van der Waals surface area (Å²) in [5.41, 5.74) is 0.869. The second-order valence-electron chi connectivity index (χ2n) is 6.57. The molecule has 1 aromatic rings. The summed E-state index contributed by atoms with van der Waals surface area (Å²) in [5.74, 6) is 0.820. The van der Waals surface area contributed by atoms with Gasteiger partial charge in [-0.15, -0.1) is 0 Å². The van der Waals surface area contributed by atoms with Gasteiger partial charge in [-0.25, -0.2) is 0 Å². The molecule has 2 bridgehead atoms. The Morgan fingerprint density at radius 2 is 2.05 bits per heavy atom. The molecule has 0 aromatic heterocycles. The fourth-order valence-corrected chi connectivity index (χ4v) is 5.28. The van der Waals surface area contributed by atoms with Gasteiger partial charge >= 0.3 is 10.1 Å². The van der Waals surface area contributed by atoms with Crippen LogP contribution in [0, 0.1) is 12.3 Å². The molecule has 0 spiro atoms. The third-order valence-electron chi connectivity index (χ3n) is 4.72. The quantitative estimate of drug-likeness (QED) is 0.777. The van der Waals surface area contributed by atoms with Crippen LogP contribution in [0.3, 0.4) is 0 Å². The van der Waals surface area contributed by atoms with E-state index in [1.807, 2.05) is 13.0 Å². The SMILES string of the molecule is COc1cc(C)ccc1OS(=O)(=O)CC12CCCN(CC1)C2. The van der Waals surface area contributed by atoms with Gasteiger partial charge in [-0.1, -0.05) is 6.07 Å². The van der Waals surface area contributed by atoms with E-state index >= 15 is 0 Å². The molecule has 0 aliphatic carbocycles. The molecule has 0 saturated carbocycles. The second-order valence-corrected chi connectivity index (χ2v) is 8.14. The van der Waals surface area contributed by atoms with Crippen molar-refractivity contribution in [3.05, 3.63) is 23.8 Å². The molecule has 2 fully saturated rings. The van der Waals surface area contributed by atoms with E-state index in [-0.39, 0.29) is 16.9 Å². The fourth-order valence-electron chi connectivity index (χ4n) is 3.68. The number of hydrogen-bond acceptors (Lipinski definition) is 5. The molecule has 2 atom stereocenters. The molecule has 2 unspecified atom stereocenters. The maximum absolute atomic E-state index is 12.5. The zero-order chi connectivity index (χ0) is 15.8. The van der Waals surface area contributed by atoms with Crippen molar-refractivity contribution in [2.24, 2.45) is 5.41 Å². The van der Waals surface area contributed by atoms with Crippen molar-refractivity contribution in [1.82, 2.24) is 4.90 Å². The van der Waals surface area contributed by atoms with Crippen molar-refractivity contribution in [3.8, 4) is 11.5 Å². The molecule has 0 radical (unpaired) electrons. The molecule has 2 aliphatic rings. The topological polar surface area (TPSA) is 55.8 Å². The van der Waals surface area contributed by atoms with E-state index in [9.17, 15) is 8.42 Å². The molecule has 2 saturated heterocycles. The summed E-state index contributed by atoms with van der Waals surface area (Å²) >= 11 is 0. The van der Waals surface area contributed by atoms with E-state index in [0.29, 0.717) is 5.75 Å². The number of fused-ring (bicyclic) bond motifs is 2. The van der Waals surface area contributed by atoms with Crippen LogP contribution in [-0.4, -0.2) is 45.8 Å². The molecule has 0 N–H and O–H groups in total. The van der Waals surface area contributed by atoms with Crippen LogP contribution in [0.15, 0.2) is 18.2 Å². The van der Waals surface area contributed by atoms with Crippen molar-refractivity contribution in [2.75, 3.05) is 32.5 Å². The summed E-state index contributed by atoms with van der Waals surface area (Å²) in [6.45, 7) is 4.90. The fraction of sp³-hybridized carbons (Fsp3) is 0.625. The van der Waals surface area contributed by atoms with E-state index in [1.165, 1.54) is 7.11 Å². The van der Waals surface area contributed by atoms with Crippen molar-refractivity contribution in [1.29, 1.82) is 0 Å². The summed E-state index contributed by atoms with van der Waals surface area (Å²) in [6, 6.07) is 5.26. The first kappa shape index (κ1) is 15.6. The van der Waals surface area contributed by atoms with Gasteiger partial charge in [0.1, 0.15) is 0 Å². The molecule has 3 rings (SSSR count). The van der Waals surface area contributed by atoms with Crippen LogP contribution < -0.4 is 8.92 Å². The maximum atomic E-state index is 12.5. The van der Waals surface area contributed by atoms with Gasteiger partial charge in [0.15, 0.2) is 11.5 Å². The first-order valence-corrected chi connectivity index (χ1v) is 9.28. The highest BCUT2D eigenvalue weighted by Crippen LogP contribution is 2.41. The van der Waals surface area contributed by atoms with Crippen molar-refractivity contribution in [2.45, 2.75) is 26.2 Å². The smallest absolute Gasteiger partial charge is 0.309 e. The molecular weight excluding hydrogens is 302 g/mol. The summed E-state index contributed by atoms with van der Waals surface area (Å²) < 4.78 is 35.6. The Morgan fingerprint density at radius 1 is 1.23 bits per heavy atom. The number of nitrogens with zero attached hydrogens (tertiary/aromatic N) is 1. The van der Waals surface area contributed by atoms with Gasteiger partial charge in [-0.2, -0.15) is 8.42 Å². The minimum Gasteiger partial charge on any atom is -0.493 e. The average molecular weight is 325 g/mol. The Labute approximate surface area is 132 Å². The highest BCUT2D eigenvalue weighted by atomic mass is 32.2. The third kappa shape index (κ3) is 3.22. The Kier molecular flexibility index (Phi) is 4.07. The number of benzene rings is 1. The number of hydrogen-bond donors (Lipinski definition) is 0. The first-order valence-electron chi connectivity index (χ1n) is 7.71. The summed E-state index contributed by atoms with van der Waals surface area (Å²) in [7, 11) is -2.11. The zero-order valence-electron chi connectivity index (χ0n) is 13.2. The maximum Gasteiger partial charge on any atom is 0.309 e. The summed E-state index contributed by atoms with van der Waals surface area (Å²) in [6.07, 6.45) is 2.99. The molecule has 22 heavy (non-hydrogen) atoms. The van der Waals surface area contributed by atoms with Crippen molar-refractivity contribution in [3.63, 3.8) is 0 Å². The van der Waals surface area contributed by atoms with Crippen LogP contribution in [0.25, 0.3) is 0 Å². The number of rotatable bonds is 5. The van der Waals surface area contributed by atoms with Crippen LogP contribution in [0.2, 0.25) is 0 Å². The lowest BCUT2D eigenvalue weighted by Crippen LogP contribution is -2.39. The molecule has 0 amide bonds. The highest BCUT2D eigenvalue weighted by Gasteiger charge is 2.44. The normalized spacial score (nSPS) is 27.6. The first-order chi connectivity index (χ1) is 10.4. The van der Waals surface area contributed by atoms with Gasteiger partial charge in [-0.3, -0.25) is 0 Å². The van der Waals surface area contributed by atoms with Gasteiger partial charge in [0, 0.05) is 12.0 Å². The van der Waals surface area contributed by atoms with Gasteiger partial charge in [-0.05, 0) is 57.0 Å². The van der Waals surface area contributed by atoms with E-state index in [1.54, 1.807) is 12.1 Å². The van der Waals surface area contributed by atoms with Crippen LogP contribution >= 0.6 is 0 Å². The van der Waals surface area contributed by atoms with Gasteiger partial charge in [0.2, 0.25) is 0 Å². The van der Waals surface area contributed by atoms with Gasteiger partial charge in [0.25, 0.3) is 0 Å². The van der Waals surface area contributed by atoms with Gasteiger partial charge in [0.05, 0.1) is 12.9 Å². The van der Waals surface area contributed by atoms with E-state index in [2.05, 4.69) is 4.90 Å². The zero-order valence-corrected chi connectivity index (χ0v) is 14.0. The highest BCUT2D eigenvalue weighted by molar-refractivity contribution is 7.87. The second kappa shape index (κ2) is 5.74. The predicted molar refractivity (Wildman–Crippen MR) is 84.9 cm³/mol. The van der Waals surface area contributed by atoms with E-state index < -0.39 is 10.1 Å². The molecule has 1 aromatic carbocycles. The molecule has 122 valence electrons. The Morgan fingerprint density at radius 3 is 2.82 bits per heavy atom. The Bertz CT molecular complexity index is 654. The Hall–Kier alpha value is -1.27. The number of methoxy groups -OCH3 is 1. The minimum absolute atomic E-state index is 0.0908. The van der Waals surface area contributed by atoms with Crippen molar-refractivity contribution < 1.29 is 17.3 Å². The van der Waals surface area contributed by atoms with Gasteiger partial charge < -0.3 is 13.8 Å². The number of ether oxygens (including phenoxy) is 1. The summed E-state index contributed by atoms with van der Waals surface area (Å²) in [4.78, 5) is 2.35. The lowest BCUT2D eigenvalue weighted by Gasteiger charge is -2.33. The molecule has 5 nitrogen and oxygen atoms in total. The van der Waals surface area contributed by atoms with Crippen LogP contribution in [-0.2, 0) is 10.1 Å². The van der Waals surface area contributed by atoms with E-state index in [0.717, 1.165) is 44.5 Å². The number of piperidine rings is 1. The summed E-state index contributed by atoms with van der Waals surface area (Å²) in [5, 5.41) is 0. The third-order valence-corrected chi connectivity index (χ3v) is 6.12. The van der Waals surface area contributed by atoms with Crippen LogP contribution in [0.1, 0.15) is 24.8 Å². The lowest BCUT2D eigenvalue weighted by molar-refractivity contribution is 0.200. The van der Waals surface area contributed by atoms with Crippen LogP contribution in [0.4, 0.5) is 0 Å². The predicted octanol–water partition coefficient (Wildman–Crippen LogP) is 2.20. The number of aryl methyl sites for hydroxylation is 1. The molecule has 2 aliphatic heterocycles. The Balaban J connectivity index is 1.77. The van der Waals surface area contributed by atoms with Crippen LogP contribution in [0.5, 0.6) is 11.5 Å². The largest absolute Gasteiger partial charge is 0.493 e. The van der Waals surface area contributed by atoms with Crippen molar-refractivity contribution >= 4 is 10.1 Å². The monoisotopic (exact) mass is 325 g/mol. The molecule has 6 heteroatoms. The van der Waals surface area contributed by atoms with E-state index in [4.69, 9.17) is 8.92 Å². The standard InChI is InChI=1S/C16H23NO4S/c1-13-4-5-14(15(10-13)20-2)21-22(18,19)12-16-6-3-8-17(11-16)9-7-16/h4-5,10H,3,6-9,11-12H2,1-2H3. The molecule has 2 heterocycles. The lowest BCUT2D eigenvalue weighted by atomic mass is 9.83. The minimum atomic E-state index is -3.63.